The van der Waals surface area contributed by atoms with Crippen LogP contribution in [-0.2, 0) is 14.3 Å². The van der Waals surface area contributed by atoms with E-state index in [9.17, 15) is 4.79 Å². The van der Waals surface area contributed by atoms with Gasteiger partial charge in [-0.3, -0.25) is 4.79 Å². The second-order valence-corrected chi connectivity index (χ2v) is 6.67. The lowest BCUT2D eigenvalue weighted by molar-refractivity contribution is -0.156. The van der Waals surface area contributed by atoms with E-state index in [4.69, 9.17) is 13.9 Å². The van der Waals surface area contributed by atoms with Crippen LogP contribution in [0.15, 0.2) is 4.42 Å². The average Bonchev–Trinajstić information content (AvgIpc) is 2.86. The molecule has 1 aliphatic carbocycles. The molecule has 134 valence electrons. The van der Waals surface area contributed by atoms with Crippen molar-refractivity contribution in [2.45, 2.75) is 70.6 Å². The quantitative estimate of drug-likeness (QED) is 0.785. The fourth-order valence-corrected chi connectivity index (χ4v) is 3.48. The molecule has 2 heterocycles. The first kappa shape index (κ1) is 17.4. The van der Waals surface area contributed by atoms with Crippen molar-refractivity contribution in [3.8, 4) is 0 Å². The number of hydrogen-bond donors (Lipinski definition) is 0. The zero-order valence-electron chi connectivity index (χ0n) is 14.6. The molecule has 0 N–H and O–H groups in total. The minimum absolute atomic E-state index is 0.0246. The number of aryl methyl sites for hydroxylation is 1. The van der Waals surface area contributed by atoms with Crippen molar-refractivity contribution in [1.82, 2.24) is 15.1 Å². The topological polar surface area (TPSA) is 77.7 Å². The normalized spacial score (nSPS) is 24.6. The summed E-state index contributed by atoms with van der Waals surface area (Å²) in [7, 11) is 0. The van der Waals surface area contributed by atoms with Crippen molar-refractivity contribution < 1.29 is 18.7 Å². The minimum Gasteiger partial charge on any atom is -0.423 e. The standard InChI is InChI=1S/C17H27N3O4/c1-12(23-14-7-5-3-4-6-8-14)17(21)20-9-10-22-11-15(20)16-19-18-13(2)24-16/h12,14-15H,3-11H2,1-2H3/t12-,15-/m0/s1. The summed E-state index contributed by atoms with van der Waals surface area (Å²) in [5.74, 6) is 0.899. The number of ether oxygens (including phenoxy) is 2. The van der Waals surface area contributed by atoms with E-state index in [0.717, 1.165) is 12.8 Å². The molecule has 0 radical (unpaired) electrons. The molecule has 1 aliphatic heterocycles. The van der Waals surface area contributed by atoms with E-state index in [0.29, 0.717) is 31.5 Å². The molecule has 7 nitrogen and oxygen atoms in total. The first-order chi connectivity index (χ1) is 11.6. The molecule has 0 aromatic carbocycles. The van der Waals surface area contributed by atoms with Crippen molar-refractivity contribution >= 4 is 5.91 Å². The van der Waals surface area contributed by atoms with Crippen molar-refractivity contribution in [2.75, 3.05) is 19.8 Å². The molecule has 1 aromatic heterocycles. The molecule has 1 amide bonds. The third kappa shape index (κ3) is 4.13. The Kier molecular flexibility index (Phi) is 5.84. The number of carbonyl (C=O) groups is 1. The highest BCUT2D eigenvalue weighted by Gasteiger charge is 2.35. The number of nitrogens with zero attached hydrogens (tertiary/aromatic N) is 3. The molecule has 7 heteroatoms. The molecule has 1 aromatic rings. The summed E-state index contributed by atoms with van der Waals surface area (Å²) in [5.41, 5.74) is 0. The van der Waals surface area contributed by atoms with Gasteiger partial charge in [0.2, 0.25) is 11.8 Å². The highest BCUT2D eigenvalue weighted by atomic mass is 16.5. The van der Waals surface area contributed by atoms with Crippen LogP contribution in [0.2, 0.25) is 0 Å². The van der Waals surface area contributed by atoms with Crippen molar-refractivity contribution in [2.24, 2.45) is 0 Å². The maximum Gasteiger partial charge on any atom is 0.252 e. The Labute approximate surface area is 142 Å². The van der Waals surface area contributed by atoms with Gasteiger partial charge in [0.05, 0.1) is 19.3 Å². The molecule has 0 spiro atoms. The molecule has 0 unspecified atom stereocenters. The lowest BCUT2D eigenvalue weighted by atomic mass is 10.1. The van der Waals surface area contributed by atoms with Crippen LogP contribution in [0.3, 0.4) is 0 Å². The Morgan fingerprint density at radius 3 is 2.67 bits per heavy atom. The zero-order chi connectivity index (χ0) is 16.9. The molecule has 0 bridgehead atoms. The van der Waals surface area contributed by atoms with Gasteiger partial charge in [-0.05, 0) is 19.8 Å². The second-order valence-electron chi connectivity index (χ2n) is 6.67. The van der Waals surface area contributed by atoms with Crippen molar-refractivity contribution in [3.63, 3.8) is 0 Å². The Hall–Kier alpha value is -1.47. The van der Waals surface area contributed by atoms with Gasteiger partial charge < -0.3 is 18.8 Å². The van der Waals surface area contributed by atoms with E-state index in [-0.39, 0.29) is 18.1 Å². The summed E-state index contributed by atoms with van der Waals surface area (Å²) >= 11 is 0. The first-order valence-electron chi connectivity index (χ1n) is 8.99. The van der Waals surface area contributed by atoms with Gasteiger partial charge in [0.1, 0.15) is 12.1 Å². The van der Waals surface area contributed by atoms with E-state index in [1.165, 1.54) is 25.7 Å². The maximum absolute atomic E-state index is 12.9. The monoisotopic (exact) mass is 337 g/mol. The predicted octanol–water partition coefficient (Wildman–Crippen LogP) is 2.41. The number of rotatable bonds is 4. The van der Waals surface area contributed by atoms with Gasteiger partial charge >= 0.3 is 0 Å². The van der Waals surface area contributed by atoms with Gasteiger partial charge in [0.15, 0.2) is 0 Å². The highest BCUT2D eigenvalue weighted by molar-refractivity contribution is 5.81. The number of aromatic nitrogens is 2. The Morgan fingerprint density at radius 1 is 1.25 bits per heavy atom. The molecule has 3 rings (SSSR count). The molecule has 2 aliphatic rings. The fraction of sp³-hybridized carbons (Fsp3) is 0.824. The summed E-state index contributed by atoms with van der Waals surface area (Å²) < 4.78 is 17.1. The summed E-state index contributed by atoms with van der Waals surface area (Å²) in [6, 6.07) is -0.326. The highest BCUT2D eigenvalue weighted by Crippen LogP contribution is 2.26. The van der Waals surface area contributed by atoms with E-state index < -0.39 is 6.10 Å². The van der Waals surface area contributed by atoms with Gasteiger partial charge in [0.25, 0.3) is 5.91 Å². The Morgan fingerprint density at radius 2 is 2.00 bits per heavy atom. The summed E-state index contributed by atoms with van der Waals surface area (Å²) in [4.78, 5) is 14.7. The largest absolute Gasteiger partial charge is 0.423 e. The molecule has 1 saturated carbocycles. The van der Waals surface area contributed by atoms with Gasteiger partial charge in [-0.2, -0.15) is 0 Å². The summed E-state index contributed by atoms with van der Waals surface area (Å²) in [5, 5.41) is 7.92. The molecule has 24 heavy (non-hydrogen) atoms. The molecule has 1 saturated heterocycles. The SMILES string of the molecule is Cc1nnc([C@@H]2COCCN2C(=O)[C@H](C)OC2CCCCCC2)o1. The Bertz CT molecular complexity index is 540. The molecule has 2 atom stereocenters. The van der Waals surface area contributed by atoms with Crippen LogP contribution >= 0.6 is 0 Å². The summed E-state index contributed by atoms with van der Waals surface area (Å²) in [6.07, 6.45) is 6.74. The second kappa shape index (κ2) is 8.07. The maximum atomic E-state index is 12.9. The van der Waals surface area contributed by atoms with Crippen LogP contribution in [0, 0.1) is 6.92 Å². The number of hydrogen-bond acceptors (Lipinski definition) is 6. The van der Waals surface area contributed by atoms with E-state index in [1.807, 2.05) is 6.92 Å². The minimum atomic E-state index is -0.460. The smallest absolute Gasteiger partial charge is 0.252 e. The molecule has 2 fully saturated rings. The molecular weight excluding hydrogens is 310 g/mol. The van der Waals surface area contributed by atoms with E-state index in [1.54, 1.807) is 11.8 Å². The van der Waals surface area contributed by atoms with Crippen molar-refractivity contribution in [1.29, 1.82) is 0 Å². The average molecular weight is 337 g/mol. The van der Waals surface area contributed by atoms with Crippen molar-refractivity contribution in [3.05, 3.63) is 11.8 Å². The van der Waals surface area contributed by atoms with Gasteiger partial charge in [-0.15, -0.1) is 10.2 Å². The van der Waals surface area contributed by atoms with Crippen LogP contribution in [0.4, 0.5) is 0 Å². The lowest BCUT2D eigenvalue weighted by Gasteiger charge is -2.35. The van der Waals surface area contributed by atoms with Crippen LogP contribution in [0.5, 0.6) is 0 Å². The van der Waals surface area contributed by atoms with Crippen LogP contribution in [-0.4, -0.2) is 53.0 Å². The zero-order valence-corrected chi connectivity index (χ0v) is 14.6. The number of carbonyl (C=O) groups excluding carboxylic acids is 1. The Balaban J connectivity index is 1.64. The third-order valence-electron chi connectivity index (χ3n) is 4.78. The van der Waals surface area contributed by atoms with Crippen LogP contribution < -0.4 is 0 Å². The van der Waals surface area contributed by atoms with E-state index in [2.05, 4.69) is 10.2 Å². The third-order valence-corrected chi connectivity index (χ3v) is 4.78. The summed E-state index contributed by atoms with van der Waals surface area (Å²) in [6.45, 7) is 5.00. The van der Waals surface area contributed by atoms with Gasteiger partial charge in [0, 0.05) is 13.5 Å². The first-order valence-corrected chi connectivity index (χ1v) is 8.99. The van der Waals surface area contributed by atoms with Crippen LogP contribution in [0.25, 0.3) is 0 Å². The van der Waals surface area contributed by atoms with Crippen LogP contribution in [0.1, 0.15) is 63.3 Å². The predicted molar refractivity (Wildman–Crippen MR) is 86.3 cm³/mol. The molecular formula is C17H27N3O4. The number of amides is 1. The van der Waals surface area contributed by atoms with Gasteiger partial charge in [-0.1, -0.05) is 25.7 Å². The lowest BCUT2D eigenvalue weighted by Crippen LogP contribution is -2.48. The van der Waals surface area contributed by atoms with Gasteiger partial charge in [-0.25, -0.2) is 0 Å². The fourth-order valence-electron chi connectivity index (χ4n) is 3.48. The number of morpholine rings is 1. The van der Waals surface area contributed by atoms with E-state index >= 15 is 0 Å².